The monoisotopic (exact) mass is 392 g/mol. The fourth-order valence-electron chi connectivity index (χ4n) is 2.30. The Morgan fingerprint density at radius 3 is 2.29 bits per heavy atom. The maximum Gasteiger partial charge on any atom is 0.127 e. The third-order valence-corrected chi connectivity index (χ3v) is 5.29. The minimum Gasteiger partial charge on any atom is -0.207 e. The summed E-state index contributed by atoms with van der Waals surface area (Å²) < 4.78 is 28.3. The molecule has 0 N–H and O–H groups in total. The molecule has 0 aliphatic carbocycles. The molecule has 0 amide bonds. The summed E-state index contributed by atoms with van der Waals surface area (Å²) in [6.45, 7) is 0. The van der Waals surface area contributed by atoms with Crippen LogP contribution in [0.3, 0.4) is 0 Å². The molecule has 0 atom stereocenters. The van der Waals surface area contributed by atoms with Crippen LogP contribution in [0.1, 0.15) is 11.1 Å². The summed E-state index contributed by atoms with van der Waals surface area (Å²) >= 11 is 15.6. The zero-order valence-corrected chi connectivity index (χ0v) is 14.2. The third kappa shape index (κ3) is 3.58. The summed E-state index contributed by atoms with van der Waals surface area (Å²) in [5.74, 6) is -0.424. The van der Waals surface area contributed by atoms with E-state index in [1.165, 1.54) is 18.2 Å². The normalized spacial score (nSPS) is 11.7. The molecule has 0 aromatic heterocycles. The van der Waals surface area contributed by atoms with Gasteiger partial charge in [0.2, 0.25) is 0 Å². The van der Waals surface area contributed by atoms with Crippen LogP contribution in [-0.4, -0.2) is 11.8 Å². The van der Waals surface area contributed by atoms with E-state index in [9.17, 15) is 8.78 Å². The quantitative estimate of drug-likeness (QED) is 0.572. The number of rotatable bonds is 5. The van der Waals surface area contributed by atoms with Gasteiger partial charge in [-0.1, -0.05) is 34.1 Å². The Balaban J connectivity index is 2.48. The van der Waals surface area contributed by atoms with Crippen LogP contribution < -0.4 is 0 Å². The van der Waals surface area contributed by atoms with Crippen molar-refractivity contribution < 1.29 is 8.78 Å². The number of hydrogen-bond donors (Lipinski definition) is 0. The Labute approximate surface area is 141 Å². The van der Waals surface area contributed by atoms with Crippen molar-refractivity contribution >= 4 is 39.1 Å². The zero-order valence-electron chi connectivity index (χ0n) is 11.1. The van der Waals surface area contributed by atoms with Gasteiger partial charge in [-0.25, -0.2) is 8.78 Å². The van der Waals surface area contributed by atoms with Gasteiger partial charge in [-0.3, -0.25) is 0 Å². The minimum absolute atomic E-state index is 0.139. The van der Waals surface area contributed by atoms with E-state index in [0.717, 1.165) is 4.47 Å². The number of benzene rings is 2. The molecule has 0 unspecified atom stereocenters. The van der Waals surface area contributed by atoms with E-state index >= 15 is 0 Å². The second-order valence-electron chi connectivity index (χ2n) is 4.94. The Morgan fingerprint density at radius 2 is 1.67 bits per heavy atom. The van der Waals surface area contributed by atoms with Crippen molar-refractivity contribution in [1.82, 2.24) is 0 Å². The van der Waals surface area contributed by atoms with E-state index in [0.29, 0.717) is 17.5 Å². The lowest BCUT2D eigenvalue weighted by Crippen LogP contribution is -2.34. The minimum atomic E-state index is -0.787. The summed E-state index contributed by atoms with van der Waals surface area (Å²) in [6.07, 6.45) is 0.347. The van der Waals surface area contributed by atoms with Gasteiger partial charge in [0.1, 0.15) is 11.6 Å². The first-order valence-electron chi connectivity index (χ1n) is 6.33. The zero-order chi connectivity index (χ0) is 15.5. The summed E-state index contributed by atoms with van der Waals surface area (Å²) in [6, 6.07) is 10.8. The van der Waals surface area contributed by atoms with Gasteiger partial charge < -0.3 is 0 Å². The summed E-state index contributed by atoms with van der Waals surface area (Å²) in [5, 5.41) is 0. The van der Waals surface area contributed by atoms with E-state index < -0.39 is 5.41 Å². The fraction of sp³-hybridized carbons (Fsp3) is 0.250. The Hall–Kier alpha value is -0.640. The largest absolute Gasteiger partial charge is 0.207 e. The van der Waals surface area contributed by atoms with Gasteiger partial charge in [0.05, 0.1) is 0 Å². The Bertz CT molecular complexity index is 627. The van der Waals surface area contributed by atoms with Crippen LogP contribution >= 0.6 is 39.1 Å². The van der Waals surface area contributed by atoms with Crippen molar-refractivity contribution in [1.29, 1.82) is 0 Å². The van der Waals surface area contributed by atoms with E-state index in [2.05, 4.69) is 15.9 Å². The van der Waals surface area contributed by atoms with Crippen molar-refractivity contribution in [2.45, 2.75) is 11.8 Å². The smallest absolute Gasteiger partial charge is 0.127 e. The van der Waals surface area contributed by atoms with Gasteiger partial charge in [0, 0.05) is 21.6 Å². The van der Waals surface area contributed by atoms with E-state index in [4.69, 9.17) is 23.2 Å². The van der Waals surface area contributed by atoms with Gasteiger partial charge in [-0.05, 0) is 41.8 Å². The van der Waals surface area contributed by atoms with Crippen molar-refractivity contribution in [3.8, 4) is 0 Å². The average molecular weight is 394 g/mol. The molecule has 0 radical (unpaired) electrons. The summed E-state index contributed by atoms with van der Waals surface area (Å²) in [4.78, 5) is 0. The highest BCUT2D eigenvalue weighted by molar-refractivity contribution is 9.10. The molecule has 0 fully saturated rings. The van der Waals surface area contributed by atoms with E-state index in [1.54, 1.807) is 24.3 Å². The molecule has 0 nitrogen and oxygen atoms in total. The van der Waals surface area contributed by atoms with Crippen LogP contribution in [0.4, 0.5) is 8.78 Å². The standard InChI is InChI=1S/C16H13BrCl2F2/c17-14-6-5-12(20)7-11(14)8-16(9-18,10-19)13-3-1-2-4-15(13)21/h1-7H,8-10H2. The molecule has 0 saturated heterocycles. The van der Waals surface area contributed by atoms with Crippen molar-refractivity contribution in [3.05, 3.63) is 69.7 Å². The SMILES string of the molecule is Fc1ccc(Br)c(CC(CCl)(CCl)c2ccccc2F)c1. The molecule has 0 aliphatic heterocycles. The van der Waals surface area contributed by atoms with Crippen LogP contribution in [0, 0.1) is 11.6 Å². The topological polar surface area (TPSA) is 0 Å². The van der Waals surface area contributed by atoms with Crippen molar-refractivity contribution in [2.75, 3.05) is 11.8 Å². The van der Waals surface area contributed by atoms with Gasteiger partial charge in [0.15, 0.2) is 0 Å². The van der Waals surface area contributed by atoms with E-state index in [-0.39, 0.29) is 23.4 Å². The molecule has 0 spiro atoms. The molecule has 5 heteroatoms. The van der Waals surface area contributed by atoms with Gasteiger partial charge in [-0.2, -0.15) is 0 Å². The fourth-order valence-corrected chi connectivity index (χ4v) is 3.45. The van der Waals surface area contributed by atoms with Gasteiger partial charge in [-0.15, -0.1) is 23.2 Å². The second kappa shape index (κ2) is 7.08. The molecule has 112 valence electrons. The molecular weight excluding hydrogens is 381 g/mol. The highest BCUT2D eigenvalue weighted by Crippen LogP contribution is 2.35. The molecule has 0 saturated carbocycles. The van der Waals surface area contributed by atoms with E-state index in [1.807, 2.05) is 0 Å². The first-order valence-corrected chi connectivity index (χ1v) is 8.19. The molecule has 0 bridgehead atoms. The molecule has 2 aromatic rings. The van der Waals surface area contributed by atoms with Gasteiger partial charge >= 0.3 is 0 Å². The molecule has 0 heterocycles. The Kier molecular flexibility index (Phi) is 5.64. The van der Waals surface area contributed by atoms with Crippen LogP contribution in [0.25, 0.3) is 0 Å². The van der Waals surface area contributed by atoms with Crippen LogP contribution in [0.15, 0.2) is 46.9 Å². The maximum atomic E-state index is 14.1. The number of alkyl halides is 2. The molecule has 2 rings (SSSR count). The molecular formula is C16H13BrCl2F2. The maximum absolute atomic E-state index is 14.1. The highest BCUT2D eigenvalue weighted by atomic mass is 79.9. The molecule has 0 aliphatic rings. The third-order valence-electron chi connectivity index (χ3n) is 3.49. The molecule has 2 aromatic carbocycles. The first kappa shape index (κ1) is 16.7. The number of halogens is 5. The Morgan fingerprint density at radius 1 is 1.00 bits per heavy atom. The highest BCUT2D eigenvalue weighted by Gasteiger charge is 2.34. The summed E-state index contributed by atoms with van der Waals surface area (Å²) in [7, 11) is 0. The first-order chi connectivity index (χ1) is 10.0. The van der Waals surface area contributed by atoms with Gasteiger partial charge in [0.25, 0.3) is 0 Å². The van der Waals surface area contributed by atoms with Crippen molar-refractivity contribution in [2.24, 2.45) is 0 Å². The van der Waals surface area contributed by atoms with Crippen LogP contribution in [0.2, 0.25) is 0 Å². The predicted octanol–water partition coefficient (Wildman–Crippen LogP) is 5.69. The average Bonchev–Trinajstić information content (AvgIpc) is 2.49. The second-order valence-corrected chi connectivity index (χ2v) is 6.33. The van der Waals surface area contributed by atoms with Crippen molar-refractivity contribution in [3.63, 3.8) is 0 Å². The lowest BCUT2D eigenvalue weighted by molar-refractivity contribution is 0.489. The lowest BCUT2D eigenvalue weighted by Gasteiger charge is -2.31. The van der Waals surface area contributed by atoms with Crippen LogP contribution in [-0.2, 0) is 11.8 Å². The van der Waals surface area contributed by atoms with Crippen LogP contribution in [0.5, 0.6) is 0 Å². The molecule has 21 heavy (non-hydrogen) atoms. The summed E-state index contributed by atoms with van der Waals surface area (Å²) in [5.41, 5.74) is 0.371. The number of hydrogen-bond acceptors (Lipinski definition) is 0. The predicted molar refractivity (Wildman–Crippen MR) is 87.3 cm³/mol. The lowest BCUT2D eigenvalue weighted by atomic mass is 9.78.